The normalized spacial score (nSPS) is 15.8. The van der Waals surface area contributed by atoms with Crippen LogP contribution in [0.5, 0.6) is 0 Å². The van der Waals surface area contributed by atoms with Gasteiger partial charge in [0.25, 0.3) is 5.90 Å². The number of cyclic esters (lactones) is 1. The Morgan fingerprint density at radius 1 is 1.20 bits per heavy atom. The summed E-state index contributed by atoms with van der Waals surface area (Å²) < 4.78 is 10.2. The van der Waals surface area contributed by atoms with Crippen molar-refractivity contribution in [2.24, 2.45) is 4.99 Å². The molecule has 0 N–H and O–H groups in total. The van der Waals surface area contributed by atoms with Crippen molar-refractivity contribution in [3.8, 4) is 6.07 Å². The van der Waals surface area contributed by atoms with Crippen LogP contribution >= 0.6 is 0 Å². The van der Waals surface area contributed by atoms with E-state index >= 15 is 0 Å². The van der Waals surface area contributed by atoms with E-state index in [1.807, 2.05) is 6.07 Å². The number of hydrogen-bond donors (Lipinski definition) is 0. The molecule has 0 saturated carbocycles. The fourth-order valence-corrected chi connectivity index (χ4v) is 1.73. The molecule has 0 aliphatic carbocycles. The molecule has 5 nitrogen and oxygen atoms in total. The largest absolute Gasteiger partial charge is 0.459 e. The zero-order valence-corrected chi connectivity index (χ0v) is 10.2. The molecule has 3 rings (SSSR count). The minimum absolute atomic E-state index is 0.153. The molecule has 20 heavy (non-hydrogen) atoms. The highest BCUT2D eigenvalue weighted by Crippen LogP contribution is 2.19. The number of carbonyl (C=O) groups excluding carboxylic acids is 1. The van der Waals surface area contributed by atoms with Crippen LogP contribution in [0, 0.1) is 11.3 Å². The zero-order chi connectivity index (χ0) is 13.9. The Morgan fingerprint density at radius 3 is 2.65 bits per heavy atom. The van der Waals surface area contributed by atoms with Gasteiger partial charge in [-0.3, -0.25) is 0 Å². The standard InChI is InChI=1S/C15H8N2O3/c16-9-11-5-3-10(4-6-11)8-12-15(18)20-14(17-12)13-2-1-7-19-13/h1-8H/b12-8-. The number of benzene rings is 1. The molecule has 0 unspecified atom stereocenters. The maximum absolute atomic E-state index is 11.7. The van der Waals surface area contributed by atoms with Gasteiger partial charge in [-0.15, -0.1) is 0 Å². The van der Waals surface area contributed by atoms with E-state index in [0.717, 1.165) is 5.56 Å². The second-order valence-corrected chi connectivity index (χ2v) is 4.05. The lowest BCUT2D eigenvalue weighted by Gasteiger charge is -1.94. The third-order valence-corrected chi connectivity index (χ3v) is 2.70. The zero-order valence-electron chi connectivity index (χ0n) is 10.2. The summed E-state index contributed by atoms with van der Waals surface area (Å²) >= 11 is 0. The van der Waals surface area contributed by atoms with E-state index in [1.165, 1.54) is 6.26 Å². The van der Waals surface area contributed by atoms with Gasteiger partial charge < -0.3 is 9.15 Å². The van der Waals surface area contributed by atoms with Gasteiger partial charge in [-0.05, 0) is 35.9 Å². The smallest absolute Gasteiger partial charge is 0.363 e. The molecule has 1 aromatic heterocycles. The third kappa shape index (κ3) is 2.22. The first kappa shape index (κ1) is 11.9. The van der Waals surface area contributed by atoms with Gasteiger partial charge in [0.1, 0.15) is 0 Å². The van der Waals surface area contributed by atoms with Crippen LogP contribution < -0.4 is 0 Å². The molecule has 1 aliphatic rings. The second-order valence-electron chi connectivity index (χ2n) is 4.05. The fraction of sp³-hybridized carbons (Fsp3) is 0. The molecule has 2 aromatic rings. The van der Waals surface area contributed by atoms with Gasteiger partial charge in [0.15, 0.2) is 11.5 Å². The van der Waals surface area contributed by atoms with Crippen molar-refractivity contribution in [2.75, 3.05) is 0 Å². The van der Waals surface area contributed by atoms with E-state index in [2.05, 4.69) is 4.99 Å². The molecule has 0 radical (unpaired) electrons. The molecule has 1 aromatic carbocycles. The van der Waals surface area contributed by atoms with E-state index in [0.29, 0.717) is 11.3 Å². The lowest BCUT2D eigenvalue weighted by atomic mass is 10.1. The molecule has 0 bridgehead atoms. The summed E-state index contributed by atoms with van der Waals surface area (Å²) in [4.78, 5) is 15.8. The summed E-state index contributed by atoms with van der Waals surface area (Å²) in [5.74, 6) is 0.0298. The Bertz CT molecular complexity index is 747. The van der Waals surface area contributed by atoms with Crippen LogP contribution in [0.25, 0.3) is 6.08 Å². The number of esters is 1. The Balaban J connectivity index is 1.91. The van der Waals surface area contributed by atoms with Gasteiger partial charge in [0, 0.05) is 0 Å². The van der Waals surface area contributed by atoms with Crippen molar-refractivity contribution in [2.45, 2.75) is 0 Å². The summed E-state index contributed by atoms with van der Waals surface area (Å²) in [6, 6.07) is 12.2. The van der Waals surface area contributed by atoms with Crippen LogP contribution in [0.1, 0.15) is 16.9 Å². The molecule has 96 valence electrons. The van der Waals surface area contributed by atoms with Crippen LogP contribution in [-0.4, -0.2) is 11.9 Å². The first-order valence-electron chi connectivity index (χ1n) is 5.83. The maximum Gasteiger partial charge on any atom is 0.363 e. The highest BCUT2D eigenvalue weighted by Gasteiger charge is 2.25. The van der Waals surface area contributed by atoms with Crippen LogP contribution in [0.2, 0.25) is 0 Å². The predicted octanol–water partition coefficient (Wildman–Crippen LogP) is 2.50. The predicted molar refractivity (Wildman–Crippen MR) is 70.5 cm³/mol. The Labute approximate surface area is 114 Å². The third-order valence-electron chi connectivity index (χ3n) is 2.70. The van der Waals surface area contributed by atoms with Crippen molar-refractivity contribution >= 4 is 17.9 Å². The molecule has 0 spiro atoms. The minimum Gasteiger partial charge on any atom is -0.459 e. The summed E-state index contributed by atoms with van der Waals surface area (Å²) in [6.07, 6.45) is 3.08. The monoisotopic (exact) mass is 264 g/mol. The fourth-order valence-electron chi connectivity index (χ4n) is 1.73. The number of furan rings is 1. The molecular weight excluding hydrogens is 256 g/mol. The topological polar surface area (TPSA) is 75.6 Å². The molecule has 0 fully saturated rings. The van der Waals surface area contributed by atoms with E-state index in [1.54, 1.807) is 42.5 Å². The van der Waals surface area contributed by atoms with E-state index in [9.17, 15) is 4.79 Å². The van der Waals surface area contributed by atoms with Crippen molar-refractivity contribution in [1.29, 1.82) is 5.26 Å². The first-order valence-corrected chi connectivity index (χ1v) is 5.83. The van der Waals surface area contributed by atoms with Crippen molar-refractivity contribution in [3.63, 3.8) is 0 Å². The summed E-state index contributed by atoms with van der Waals surface area (Å²) in [6.45, 7) is 0. The lowest BCUT2D eigenvalue weighted by Crippen LogP contribution is -2.04. The molecule has 0 atom stereocenters. The number of ether oxygens (including phenoxy) is 1. The minimum atomic E-state index is -0.527. The average Bonchev–Trinajstić information content (AvgIpc) is 3.10. The number of nitriles is 1. The number of nitrogens with zero attached hydrogens (tertiary/aromatic N) is 2. The highest BCUT2D eigenvalue weighted by atomic mass is 16.6. The number of carbonyl (C=O) groups is 1. The molecule has 1 aliphatic heterocycles. The number of rotatable bonds is 2. The van der Waals surface area contributed by atoms with Crippen LogP contribution in [0.4, 0.5) is 0 Å². The average molecular weight is 264 g/mol. The molecule has 0 saturated heterocycles. The van der Waals surface area contributed by atoms with Crippen LogP contribution in [0.3, 0.4) is 0 Å². The summed E-state index contributed by atoms with van der Waals surface area (Å²) in [5, 5.41) is 8.72. The van der Waals surface area contributed by atoms with Gasteiger partial charge in [0.2, 0.25) is 0 Å². The van der Waals surface area contributed by atoms with Gasteiger partial charge in [0.05, 0.1) is 17.9 Å². The Morgan fingerprint density at radius 2 is 2.00 bits per heavy atom. The Kier molecular flexibility index (Phi) is 2.90. The van der Waals surface area contributed by atoms with Crippen molar-refractivity contribution < 1.29 is 13.9 Å². The summed E-state index contributed by atoms with van der Waals surface area (Å²) in [7, 11) is 0. The number of hydrogen-bond acceptors (Lipinski definition) is 5. The maximum atomic E-state index is 11.7. The van der Waals surface area contributed by atoms with Crippen molar-refractivity contribution in [1.82, 2.24) is 0 Å². The molecule has 0 amide bonds. The first-order chi connectivity index (χ1) is 9.76. The van der Waals surface area contributed by atoms with E-state index in [-0.39, 0.29) is 11.6 Å². The Hall–Kier alpha value is -3.13. The molecular formula is C15H8N2O3. The van der Waals surface area contributed by atoms with Crippen LogP contribution in [-0.2, 0) is 9.53 Å². The second kappa shape index (κ2) is 4.86. The van der Waals surface area contributed by atoms with E-state index in [4.69, 9.17) is 14.4 Å². The lowest BCUT2D eigenvalue weighted by molar-refractivity contribution is -0.130. The molecule has 5 heteroatoms. The van der Waals surface area contributed by atoms with E-state index < -0.39 is 5.97 Å². The quantitative estimate of drug-likeness (QED) is 0.616. The van der Waals surface area contributed by atoms with Gasteiger partial charge >= 0.3 is 5.97 Å². The van der Waals surface area contributed by atoms with Gasteiger partial charge in [-0.25, -0.2) is 9.79 Å². The van der Waals surface area contributed by atoms with Gasteiger partial charge in [-0.2, -0.15) is 5.26 Å². The summed E-state index contributed by atoms with van der Waals surface area (Å²) in [5.41, 5.74) is 1.52. The van der Waals surface area contributed by atoms with Gasteiger partial charge in [-0.1, -0.05) is 12.1 Å². The SMILES string of the molecule is N#Cc1ccc(/C=C2\N=C(c3ccco3)OC2=O)cc1. The van der Waals surface area contributed by atoms with Crippen LogP contribution in [0.15, 0.2) is 57.8 Å². The number of aliphatic imine (C=N–C) groups is 1. The van der Waals surface area contributed by atoms with Crippen molar-refractivity contribution in [3.05, 3.63) is 65.2 Å². The highest BCUT2D eigenvalue weighted by molar-refractivity contribution is 6.11. The molecule has 2 heterocycles.